The number of fused-ring (bicyclic) bond motifs is 1. The number of nitrogens with one attached hydrogen (secondary N) is 1. The van der Waals surface area contributed by atoms with Crippen LogP contribution in [0.3, 0.4) is 0 Å². The lowest BCUT2D eigenvalue weighted by Crippen LogP contribution is -1.84. The lowest BCUT2D eigenvalue weighted by Gasteiger charge is -2.04. The van der Waals surface area contributed by atoms with Gasteiger partial charge in [0, 0.05) is 6.20 Å². The van der Waals surface area contributed by atoms with Crippen molar-refractivity contribution in [1.82, 2.24) is 15.4 Å². The van der Waals surface area contributed by atoms with E-state index in [2.05, 4.69) is 94.8 Å². The van der Waals surface area contributed by atoms with Crippen LogP contribution in [0.1, 0.15) is 11.1 Å². The van der Waals surface area contributed by atoms with Gasteiger partial charge in [0.25, 0.3) is 0 Å². The minimum atomic E-state index is 1.08. The van der Waals surface area contributed by atoms with Gasteiger partial charge in [0.15, 0.2) is 0 Å². The van der Waals surface area contributed by atoms with Crippen molar-refractivity contribution in [1.29, 1.82) is 0 Å². The number of benzene rings is 4. The Morgan fingerprint density at radius 1 is 0.586 bits per heavy atom. The van der Waals surface area contributed by atoms with Crippen molar-refractivity contribution in [2.24, 2.45) is 0 Å². The number of nitrogens with zero attached hydrogens (tertiary/aromatic N) is 2. The molecule has 0 unspecified atom stereocenters. The normalized spacial score (nSPS) is 9.52. The molecule has 0 spiro atoms. The minimum Gasteiger partial charge on any atom is -0.266 e. The first kappa shape index (κ1) is 19.8. The second-order valence-electron chi connectivity index (χ2n) is 6.22. The van der Waals surface area contributed by atoms with Crippen LogP contribution in [-0.2, 0) is 0 Å². The van der Waals surface area contributed by atoms with E-state index in [9.17, 15) is 0 Å². The Bertz CT molecular complexity index is 978. The third-order valence-corrected chi connectivity index (χ3v) is 4.23. The molecule has 1 N–H and O–H groups in total. The zero-order chi connectivity index (χ0) is 20.2. The molecule has 0 saturated heterocycles. The molecule has 0 aliphatic rings. The summed E-state index contributed by atoms with van der Waals surface area (Å²) in [7, 11) is 0. The summed E-state index contributed by atoms with van der Waals surface area (Å²) >= 11 is 0. The quantitative estimate of drug-likeness (QED) is 0.387. The average molecular weight is 377 g/mol. The number of aromatic nitrogens is 3. The van der Waals surface area contributed by atoms with E-state index in [1.54, 1.807) is 12.4 Å². The molecule has 0 bridgehead atoms. The van der Waals surface area contributed by atoms with Crippen molar-refractivity contribution >= 4 is 16.3 Å². The maximum atomic E-state index is 4.10. The first-order valence-corrected chi connectivity index (χ1v) is 9.38. The third-order valence-electron chi connectivity index (χ3n) is 4.23. The Labute approximate surface area is 171 Å². The summed E-state index contributed by atoms with van der Waals surface area (Å²) in [5.41, 5.74) is 3.43. The SMILES string of the molecule is C=C(c1ccccc1)c1ccccc1.c1c[nH]nn1.c1ccc2ccccc2c1. The Morgan fingerprint density at radius 2 is 1.00 bits per heavy atom. The molecule has 3 nitrogen and oxygen atoms in total. The molecule has 0 atom stereocenters. The fourth-order valence-electron chi connectivity index (χ4n) is 2.74. The van der Waals surface area contributed by atoms with E-state index < -0.39 is 0 Å². The van der Waals surface area contributed by atoms with Crippen LogP contribution in [0.5, 0.6) is 0 Å². The van der Waals surface area contributed by atoms with Crippen LogP contribution in [0.2, 0.25) is 0 Å². The number of hydrogen-bond donors (Lipinski definition) is 1. The van der Waals surface area contributed by atoms with Gasteiger partial charge >= 0.3 is 0 Å². The van der Waals surface area contributed by atoms with Crippen molar-refractivity contribution in [3.8, 4) is 0 Å². The first-order valence-electron chi connectivity index (χ1n) is 9.38. The van der Waals surface area contributed by atoms with Crippen LogP contribution in [-0.4, -0.2) is 15.4 Å². The van der Waals surface area contributed by atoms with Crippen LogP contribution in [0.4, 0.5) is 0 Å². The summed E-state index contributed by atoms with van der Waals surface area (Å²) < 4.78 is 0. The fourth-order valence-corrected chi connectivity index (χ4v) is 2.74. The molecule has 0 radical (unpaired) electrons. The van der Waals surface area contributed by atoms with E-state index in [1.807, 2.05) is 36.4 Å². The Morgan fingerprint density at radius 3 is 1.31 bits per heavy atom. The monoisotopic (exact) mass is 377 g/mol. The summed E-state index contributed by atoms with van der Waals surface area (Å²) in [6.07, 6.45) is 3.24. The van der Waals surface area contributed by atoms with E-state index >= 15 is 0 Å². The molecular weight excluding hydrogens is 354 g/mol. The first-order chi connectivity index (χ1) is 14.3. The fraction of sp³-hybridized carbons (Fsp3) is 0. The summed E-state index contributed by atoms with van der Waals surface area (Å²) in [6, 6.07) is 37.2. The highest BCUT2D eigenvalue weighted by atomic mass is 15.3. The molecule has 3 heteroatoms. The average Bonchev–Trinajstić information content (AvgIpc) is 3.41. The highest BCUT2D eigenvalue weighted by molar-refractivity contribution is 5.82. The topological polar surface area (TPSA) is 41.6 Å². The van der Waals surface area contributed by atoms with Gasteiger partial charge in [0.2, 0.25) is 0 Å². The summed E-state index contributed by atoms with van der Waals surface area (Å²) in [4.78, 5) is 0. The van der Waals surface area contributed by atoms with Gasteiger partial charge in [-0.25, -0.2) is 0 Å². The van der Waals surface area contributed by atoms with Gasteiger partial charge in [-0.3, -0.25) is 5.10 Å². The lowest BCUT2D eigenvalue weighted by molar-refractivity contribution is 0.940. The molecular formula is C26H23N3. The summed E-state index contributed by atoms with van der Waals surface area (Å²) in [6.45, 7) is 4.10. The molecule has 1 heterocycles. The van der Waals surface area contributed by atoms with Crippen LogP contribution < -0.4 is 0 Å². The largest absolute Gasteiger partial charge is 0.266 e. The molecule has 5 aromatic rings. The molecule has 0 aliphatic carbocycles. The third kappa shape index (κ3) is 6.29. The van der Waals surface area contributed by atoms with Gasteiger partial charge in [-0.1, -0.05) is 121 Å². The predicted molar refractivity (Wildman–Crippen MR) is 121 cm³/mol. The van der Waals surface area contributed by atoms with Gasteiger partial charge in [-0.15, -0.1) is 5.10 Å². The van der Waals surface area contributed by atoms with Gasteiger partial charge in [-0.05, 0) is 27.5 Å². The molecule has 0 fully saturated rings. The van der Waals surface area contributed by atoms with Crippen LogP contribution in [0, 0.1) is 0 Å². The molecule has 4 aromatic carbocycles. The smallest absolute Gasteiger partial charge is 0.0690 e. The van der Waals surface area contributed by atoms with Gasteiger partial charge in [-0.2, -0.15) is 0 Å². The predicted octanol–water partition coefficient (Wildman–Crippen LogP) is 6.39. The van der Waals surface area contributed by atoms with Crippen LogP contribution in [0.25, 0.3) is 16.3 Å². The molecule has 1 aromatic heterocycles. The van der Waals surface area contributed by atoms with Crippen molar-refractivity contribution in [2.45, 2.75) is 0 Å². The molecule has 142 valence electrons. The standard InChI is InChI=1S/C14H12.C10H8.C2H3N3/c1-12(13-8-4-2-5-9-13)14-10-6-3-7-11-14;1-2-6-10-8-4-3-7-9(10)5-1;1-2-4-5-3-1/h2-11H,1H2;1-8H;1-2H,(H,3,4,5). The highest BCUT2D eigenvalue weighted by Gasteiger charge is 1.99. The van der Waals surface area contributed by atoms with Crippen LogP contribution >= 0.6 is 0 Å². The lowest BCUT2D eigenvalue weighted by atomic mass is 10.0. The van der Waals surface area contributed by atoms with Crippen molar-refractivity contribution in [2.75, 3.05) is 0 Å². The minimum absolute atomic E-state index is 1.08. The molecule has 0 aliphatic heterocycles. The van der Waals surface area contributed by atoms with Crippen molar-refractivity contribution in [3.05, 3.63) is 139 Å². The molecule has 0 saturated carbocycles. The zero-order valence-electron chi connectivity index (χ0n) is 16.1. The summed E-state index contributed by atoms with van der Waals surface area (Å²) in [5, 5.41) is 11.9. The van der Waals surface area contributed by atoms with Gasteiger partial charge in [0.1, 0.15) is 0 Å². The summed E-state index contributed by atoms with van der Waals surface area (Å²) in [5.74, 6) is 0. The maximum Gasteiger partial charge on any atom is 0.0690 e. The van der Waals surface area contributed by atoms with E-state index in [4.69, 9.17) is 0 Å². The van der Waals surface area contributed by atoms with E-state index in [0.29, 0.717) is 0 Å². The Balaban J connectivity index is 0.000000139. The van der Waals surface area contributed by atoms with Crippen molar-refractivity contribution < 1.29 is 0 Å². The van der Waals surface area contributed by atoms with Gasteiger partial charge < -0.3 is 0 Å². The Kier molecular flexibility index (Phi) is 7.50. The number of aromatic amines is 1. The Hall–Kier alpha value is -3.98. The number of hydrogen-bond acceptors (Lipinski definition) is 2. The van der Waals surface area contributed by atoms with E-state index in [-0.39, 0.29) is 0 Å². The zero-order valence-corrected chi connectivity index (χ0v) is 16.1. The highest BCUT2D eigenvalue weighted by Crippen LogP contribution is 2.20. The second-order valence-corrected chi connectivity index (χ2v) is 6.22. The van der Waals surface area contributed by atoms with Gasteiger partial charge in [0.05, 0.1) is 6.20 Å². The molecule has 5 rings (SSSR count). The second kappa shape index (κ2) is 11.0. The van der Waals surface area contributed by atoms with E-state index in [0.717, 1.165) is 5.57 Å². The molecule has 29 heavy (non-hydrogen) atoms. The maximum absolute atomic E-state index is 4.10. The number of H-pyrrole nitrogens is 1. The van der Waals surface area contributed by atoms with Crippen molar-refractivity contribution in [3.63, 3.8) is 0 Å². The van der Waals surface area contributed by atoms with Crippen LogP contribution in [0.15, 0.2) is 128 Å². The number of rotatable bonds is 2. The van der Waals surface area contributed by atoms with E-state index in [1.165, 1.54) is 21.9 Å². The molecule has 0 amide bonds.